The molecule has 0 spiro atoms. The van der Waals surface area contributed by atoms with Gasteiger partial charge >= 0.3 is 12.3 Å². The predicted octanol–water partition coefficient (Wildman–Crippen LogP) is 6.61. The van der Waals surface area contributed by atoms with E-state index in [0.717, 1.165) is 31.5 Å². The molecule has 1 aromatic carbocycles. The van der Waals surface area contributed by atoms with Gasteiger partial charge in [0.05, 0.1) is 30.1 Å². The van der Waals surface area contributed by atoms with Crippen LogP contribution in [0.5, 0.6) is 0 Å². The molecule has 248 valence electrons. The van der Waals surface area contributed by atoms with E-state index in [0.29, 0.717) is 47.9 Å². The second kappa shape index (κ2) is 13.2. The number of likely N-dealkylation sites (tertiary alicyclic amines) is 1. The number of ketones is 1. The number of halogens is 4. The van der Waals surface area contributed by atoms with Crippen molar-refractivity contribution in [2.75, 3.05) is 31.1 Å². The van der Waals surface area contributed by atoms with E-state index >= 15 is 0 Å². The monoisotopic (exact) mass is 662 g/mol. The molecule has 0 aliphatic carbocycles. The number of alkyl halides is 3. The molecular formula is C32H38F4N6O3S. The van der Waals surface area contributed by atoms with Crippen LogP contribution in [0.25, 0.3) is 11.3 Å². The second-order valence-electron chi connectivity index (χ2n) is 12.9. The van der Waals surface area contributed by atoms with Gasteiger partial charge in [0.1, 0.15) is 27.9 Å². The van der Waals surface area contributed by atoms with Crippen LogP contribution in [0.4, 0.5) is 28.2 Å². The summed E-state index contributed by atoms with van der Waals surface area (Å²) in [6.45, 7) is 12.2. The molecule has 3 aromatic rings. The van der Waals surface area contributed by atoms with E-state index in [1.54, 1.807) is 4.90 Å². The number of hydrogen-bond donors (Lipinski definition) is 0. The first-order valence-electron chi connectivity index (χ1n) is 15.3. The minimum atomic E-state index is -4.72. The maximum atomic E-state index is 14.4. The molecule has 5 rings (SSSR count). The third-order valence-electron chi connectivity index (χ3n) is 8.09. The summed E-state index contributed by atoms with van der Waals surface area (Å²) < 4.78 is 60.4. The number of rotatable bonds is 7. The summed E-state index contributed by atoms with van der Waals surface area (Å²) >= 11 is 1.24. The molecule has 0 saturated carbocycles. The van der Waals surface area contributed by atoms with Crippen molar-refractivity contribution in [3.63, 3.8) is 0 Å². The Bertz CT molecular complexity index is 1570. The summed E-state index contributed by atoms with van der Waals surface area (Å²) in [7, 11) is 0. The van der Waals surface area contributed by atoms with Gasteiger partial charge in [0.2, 0.25) is 0 Å². The van der Waals surface area contributed by atoms with E-state index < -0.39 is 23.2 Å². The summed E-state index contributed by atoms with van der Waals surface area (Å²) in [5.74, 6) is -0.789. The average Bonchev–Trinajstić information content (AvgIpc) is 3.56. The van der Waals surface area contributed by atoms with Gasteiger partial charge in [-0.1, -0.05) is 0 Å². The van der Waals surface area contributed by atoms with Crippen molar-refractivity contribution in [2.24, 2.45) is 0 Å². The van der Waals surface area contributed by atoms with Crippen LogP contribution in [0, 0.1) is 5.82 Å². The quantitative estimate of drug-likeness (QED) is 0.206. The third kappa shape index (κ3) is 8.00. The Morgan fingerprint density at radius 3 is 2.39 bits per heavy atom. The van der Waals surface area contributed by atoms with Crippen molar-refractivity contribution in [2.45, 2.75) is 84.3 Å². The van der Waals surface area contributed by atoms with Gasteiger partial charge in [-0.2, -0.15) is 13.2 Å². The number of anilines is 1. The van der Waals surface area contributed by atoms with E-state index in [1.165, 1.54) is 23.7 Å². The number of thiazole rings is 1. The van der Waals surface area contributed by atoms with Crippen LogP contribution < -0.4 is 4.90 Å². The predicted molar refractivity (Wildman–Crippen MR) is 166 cm³/mol. The topological polar surface area (TPSA) is 91.8 Å². The lowest BCUT2D eigenvalue weighted by atomic mass is 10.1. The first-order chi connectivity index (χ1) is 21.6. The minimum absolute atomic E-state index is 0.0224. The molecule has 1 amide bonds. The Morgan fingerprint density at radius 1 is 1.02 bits per heavy atom. The molecule has 46 heavy (non-hydrogen) atoms. The molecule has 0 N–H and O–H groups in total. The fourth-order valence-corrected chi connectivity index (χ4v) is 6.86. The maximum absolute atomic E-state index is 14.4. The fraction of sp³-hybridized carbons (Fsp3) is 0.531. The lowest BCUT2D eigenvalue weighted by molar-refractivity contribution is -0.137. The highest BCUT2D eigenvalue weighted by atomic mass is 32.1. The number of Topliss-reactive ketones (excluding diaryl/α,β-unsaturated/α-hetero) is 1. The van der Waals surface area contributed by atoms with Crippen molar-refractivity contribution in [3.8, 4) is 11.3 Å². The second-order valence-corrected chi connectivity index (χ2v) is 14.1. The number of piperazine rings is 1. The molecule has 0 bridgehead atoms. The number of carbonyl (C=O) groups excluding carboxylic acids is 2. The van der Waals surface area contributed by atoms with Gasteiger partial charge in [0, 0.05) is 48.7 Å². The van der Waals surface area contributed by atoms with Crippen molar-refractivity contribution < 1.29 is 31.9 Å². The number of nitrogens with zero attached hydrogens (tertiary/aromatic N) is 6. The Morgan fingerprint density at radius 2 is 1.78 bits per heavy atom. The van der Waals surface area contributed by atoms with E-state index in [2.05, 4.69) is 26.8 Å². The number of ether oxygens (including phenoxy) is 1. The molecule has 2 aliphatic heterocycles. The van der Waals surface area contributed by atoms with Gasteiger partial charge in [-0.3, -0.25) is 9.69 Å². The van der Waals surface area contributed by atoms with Gasteiger partial charge in [-0.05, 0) is 72.2 Å². The highest BCUT2D eigenvalue weighted by molar-refractivity contribution is 7.12. The molecule has 14 heteroatoms. The van der Waals surface area contributed by atoms with Crippen LogP contribution in [0.3, 0.4) is 0 Å². The van der Waals surface area contributed by atoms with Crippen molar-refractivity contribution in [3.05, 3.63) is 57.6 Å². The van der Waals surface area contributed by atoms with E-state index in [9.17, 15) is 27.2 Å². The lowest BCUT2D eigenvalue weighted by Gasteiger charge is -2.40. The highest BCUT2D eigenvalue weighted by Gasteiger charge is 2.33. The van der Waals surface area contributed by atoms with E-state index in [-0.39, 0.29) is 47.3 Å². The first-order valence-corrected chi connectivity index (χ1v) is 16.1. The van der Waals surface area contributed by atoms with Crippen molar-refractivity contribution in [1.29, 1.82) is 0 Å². The van der Waals surface area contributed by atoms with Crippen LogP contribution in [-0.4, -0.2) is 80.5 Å². The average molecular weight is 663 g/mol. The third-order valence-corrected chi connectivity index (χ3v) is 9.13. The number of amides is 1. The summed E-state index contributed by atoms with van der Waals surface area (Å²) in [5.41, 5.74) is -1.28. The zero-order valence-corrected chi connectivity index (χ0v) is 27.3. The number of hydrogen-bond acceptors (Lipinski definition) is 9. The molecule has 0 radical (unpaired) electrons. The van der Waals surface area contributed by atoms with Crippen LogP contribution in [-0.2, 0) is 23.9 Å². The van der Waals surface area contributed by atoms with Gasteiger partial charge in [0.15, 0.2) is 5.78 Å². The highest BCUT2D eigenvalue weighted by Crippen LogP contribution is 2.37. The number of carbonyl (C=O) groups is 2. The Kier molecular flexibility index (Phi) is 9.69. The van der Waals surface area contributed by atoms with Crippen LogP contribution >= 0.6 is 11.3 Å². The van der Waals surface area contributed by atoms with Crippen molar-refractivity contribution >= 4 is 29.0 Å². The smallest absolute Gasteiger partial charge is 0.416 e. The van der Waals surface area contributed by atoms with Crippen LogP contribution in [0.1, 0.15) is 73.4 Å². The molecule has 2 aromatic heterocycles. The SMILES string of the molecule is C[C@@H]1CCCN1Cc1sc(CC(=O)c2cnc(N3CCN(C(=O)OC(C)(C)C)C[C@H]3C)cn2)nc1-c1cc(F)cc(C(F)(F)F)c1. The summed E-state index contributed by atoms with van der Waals surface area (Å²) in [5, 5.41) is 0.400. The van der Waals surface area contributed by atoms with Gasteiger partial charge in [-0.15, -0.1) is 11.3 Å². The molecule has 2 atom stereocenters. The zero-order chi connectivity index (χ0) is 33.4. The molecule has 2 saturated heterocycles. The Hall–Kier alpha value is -3.65. The fourth-order valence-electron chi connectivity index (χ4n) is 5.74. The molecule has 0 unspecified atom stereocenters. The van der Waals surface area contributed by atoms with E-state index in [1.807, 2.05) is 32.6 Å². The summed E-state index contributed by atoms with van der Waals surface area (Å²) in [4.78, 5) is 45.7. The lowest BCUT2D eigenvalue weighted by Crippen LogP contribution is -2.54. The maximum Gasteiger partial charge on any atom is 0.416 e. The first kappa shape index (κ1) is 33.7. The number of aromatic nitrogens is 3. The van der Waals surface area contributed by atoms with Crippen molar-refractivity contribution in [1.82, 2.24) is 24.8 Å². The zero-order valence-electron chi connectivity index (χ0n) is 26.5. The summed E-state index contributed by atoms with van der Waals surface area (Å²) in [6.07, 6.45) is -0.291. The standard InChI is InChI=1S/C32H38F4N6O3S/c1-19-7-6-8-40(19)18-26-29(21-11-22(32(34,35)36)13-23(33)12-21)39-28(46-26)14-25(43)24-15-38-27(16-37-24)42-10-9-41(17-20(42)2)30(44)45-31(3,4)5/h11-13,15-16,19-20H,6-10,14,17-18H2,1-5H3/t19-,20-/m1/s1. The molecule has 4 heterocycles. The molecule has 9 nitrogen and oxygen atoms in total. The van der Waals surface area contributed by atoms with Gasteiger partial charge in [-0.25, -0.2) is 24.1 Å². The largest absolute Gasteiger partial charge is 0.444 e. The Balaban J connectivity index is 1.31. The molecule has 2 fully saturated rings. The molecular weight excluding hydrogens is 624 g/mol. The minimum Gasteiger partial charge on any atom is -0.444 e. The van der Waals surface area contributed by atoms with Gasteiger partial charge < -0.3 is 14.5 Å². The van der Waals surface area contributed by atoms with Gasteiger partial charge in [0.25, 0.3) is 0 Å². The number of benzene rings is 1. The summed E-state index contributed by atoms with van der Waals surface area (Å²) in [6, 6.07) is 2.63. The Labute approximate surface area is 269 Å². The molecule has 2 aliphatic rings. The van der Waals surface area contributed by atoms with Crippen LogP contribution in [0.2, 0.25) is 0 Å². The van der Waals surface area contributed by atoms with Crippen LogP contribution in [0.15, 0.2) is 30.6 Å². The van der Waals surface area contributed by atoms with E-state index in [4.69, 9.17) is 4.74 Å². The normalized spacial score (nSPS) is 19.5.